The second kappa shape index (κ2) is 4.96. The molecule has 1 atom stereocenters. The van der Waals surface area contributed by atoms with Gasteiger partial charge in [0, 0.05) is 6.20 Å². The number of aromatic amines is 1. The normalized spacial score (nSPS) is 13.4. The van der Waals surface area contributed by atoms with Crippen LogP contribution in [0.15, 0.2) is 47.8 Å². The van der Waals surface area contributed by atoms with E-state index < -0.39 is 15.1 Å². The molecule has 6 heteroatoms. The number of pyridine rings is 1. The van der Waals surface area contributed by atoms with Gasteiger partial charge in [-0.05, 0) is 43.7 Å². The second-order valence-electron chi connectivity index (χ2n) is 5.00. The zero-order valence-corrected chi connectivity index (χ0v) is 12.6. The van der Waals surface area contributed by atoms with Crippen LogP contribution in [0, 0.1) is 6.92 Å². The number of nitrogens with zero attached hydrogens (tertiary/aromatic N) is 2. The van der Waals surface area contributed by atoms with E-state index >= 15 is 0 Å². The molecule has 0 radical (unpaired) electrons. The van der Waals surface area contributed by atoms with E-state index in [4.69, 9.17) is 0 Å². The molecular weight excluding hydrogens is 286 g/mol. The van der Waals surface area contributed by atoms with E-state index in [0.717, 1.165) is 11.1 Å². The number of aryl methyl sites for hydroxylation is 1. The van der Waals surface area contributed by atoms with Crippen molar-refractivity contribution in [1.82, 2.24) is 15.0 Å². The Labute approximate surface area is 123 Å². The highest BCUT2D eigenvalue weighted by Gasteiger charge is 2.29. The lowest BCUT2D eigenvalue weighted by molar-refractivity contribution is 0.578. The summed E-state index contributed by atoms with van der Waals surface area (Å²) >= 11 is 0. The molecule has 1 unspecified atom stereocenters. The minimum atomic E-state index is -3.60. The van der Waals surface area contributed by atoms with E-state index in [-0.39, 0.29) is 5.16 Å². The van der Waals surface area contributed by atoms with Gasteiger partial charge in [-0.15, -0.1) is 0 Å². The first kappa shape index (κ1) is 13.8. The molecule has 0 aliphatic heterocycles. The van der Waals surface area contributed by atoms with E-state index in [0.29, 0.717) is 11.2 Å². The van der Waals surface area contributed by atoms with Crippen molar-refractivity contribution in [2.45, 2.75) is 24.3 Å². The molecule has 108 valence electrons. The Morgan fingerprint density at radius 2 is 2.00 bits per heavy atom. The molecule has 0 amide bonds. The van der Waals surface area contributed by atoms with Gasteiger partial charge in [0.2, 0.25) is 15.0 Å². The van der Waals surface area contributed by atoms with E-state index in [1.807, 2.05) is 25.1 Å². The summed E-state index contributed by atoms with van der Waals surface area (Å²) in [5.41, 5.74) is 2.93. The SMILES string of the molecule is Cc1ccc2nc(S(=O)(=O)C(C)c3ccccn3)[nH]c2c1. The number of benzene rings is 1. The summed E-state index contributed by atoms with van der Waals surface area (Å²) in [6.45, 7) is 3.57. The molecule has 1 N–H and O–H groups in total. The monoisotopic (exact) mass is 301 g/mol. The predicted octanol–water partition coefficient (Wildman–Crippen LogP) is 2.80. The number of rotatable bonds is 3. The number of sulfone groups is 1. The lowest BCUT2D eigenvalue weighted by Crippen LogP contribution is -2.13. The van der Waals surface area contributed by atoms with Gasteiger partial charge in [-0.3, -0.25) is 4.98 Å². The highest BCUT2D eigenvalue weighted by Crippen LogP contribution is 2.27. The Balaban J connectivity index is 2.08. The van der Waals surface area contributed by atoms with E-state index in [1.54, 1.807) is 31.3 Å². The third-order valence-corrected chi connectivity index (χ3v) is 5.36. The number of fused-ring (bicyclic) bond motifs is 1. The fourth-order valence-electron chi connectivity index (χ4n) is 2.18. The summed E-state index contributed by atoms with van der Waals surface area (Å²) in [6.07, 6.45) is 1.59. The summed E-state index contributed by atoms with van der Waals surface area (Å²) in [4.78, 5) is 11.2. The Hall–Kier alpha value is -2.21. The molecule has 0 bridgehead atoms. The van der Waals surface area contributed by atoms with Gasteiger partial charge in [-0.2, -0.15) is 0 Å². The van der Waals surface area contributed by atoms with Crippen molar-refractivity contribution in [3.05, 3.63) is 53.9 Å². The average Bonchev–Trinajstić information content (AvgIpc) is 2.91. The molecule has 3 rings (SSSR count). The number of aromatic nitrogens is 3. The molecule has 2 aromatic heterocycles. The van der Waals surface area contributed by atoms with Crippen LogP contribution in [0.5, 0.6) is 0 Å². The molecule has 1 aromatic carbocycles. The molecule has 0 aliphatic rings. The van der Waals surface area contributed by atoms with Gasteiger partial charge >= 0.3 is 0 Å². The van der Waals surface area contributed by atoms with Crippen molar-refractivity contribution in [2.75, 3.05) is 0 Å². The molecule has 0 fully saturated rings. The zero-order chi connectivity index (χ0) is 15.0. The number of hydrogen-bond acceptors (Lipinski definition) is 4. The second-order valence-corrected chi connectivity index (χ2v) is 7.19. The topological polar surface area (TPSA) is 75.7 Å². The van der Waals surface area contributed by atoms with Gasteiger partial charge in [0.15, 0.2) is 0 Å². The number of imidazole rings is 1. The molecule has 21 heavy (non-hydrogen) atoms. The van der Waals surface area contributed by atoms with E-state index in [2.05, 4.69) is 15.0 Å². The van der Waals surface area contributed by atoms with Gasteiger partial charge in [0.25, 0.3) is 0 Å². The molecule has 5 nitrogen and oxygen atoms in total. The first-order valence-electron chi connectivity index (χ1n) is 6.59. The largest absolute Gasteiger partial charge is 0.329 e. The van der Waals surface area contributed by atoms with Crippen LogP contribution in [0.2, 0.25) is 0 Å². The van der Waals surface area contributed by atoms with Crippen LogP contribution >= 0.6 is 0 Å². The van der Waals surface area contributed by atoms with E-state index in [1.165, 1.54) is 0 Å². The first-order valence-corrected chi connectivity index (χ1v) is 8.14. The minimum Gasteiger partial charge on any atom is -0.329 e. The third-order valence-electron chi connectivity index (χ3n) is 3.45. The molecule has 0 aliphatic carbocycles. The van der Waals surface area contributed by atoms with Crippen LogP contribution in [0.4, 0.5) is 0 Å². The third kappa shape index (κ3) is 2.42. The fourth-order valence-corrected chi connectivity index (χ4v) is 3.45. The van der Waals surface area contributed by atoms with Gasteiger partial charge in [-0.25, -0.2) is 13.4 Å². The molecule has 0 saturated heterocycles. The van der Waals surface area contributed by atoms with Crippen molar-refractivity contribution in [3.8, 4) is 0 Å². The summed E-state index contributed by atoms with van der Waals surface area (Å²) in [7, 11) is -3.60. The number of hydrogen-bond donors (Lipinski definition) is 1. The number of nitrogens with one attached hydrogen (secondary N) is 1. The van der Waals surface area contributed by atoms with Crippen molar-refractivity contribution < 1.29 is 8.42 Å². The molecule has 0 saturated carbocycles. The minimum absolute atomic E-state index is 0.0127. The van der Waals surface area contributed by atoms with Crippen LogP contribution in [0.1, 0.15) is 23.4 Å². The fraction of sp³-hybridized carbons (Fsp3) is 0.200. The molecular formula is C15H15N3O2S. The predicted molar refractivity (Wildman–Crippen MR) is 80.7 cm³/mol. The van der Waals surface area contributed by atoms with Gasteiger partial charge < -0.3 is 4.98 Å². The first-order chi connectivity index (χ1) is 9.98. The maximum absolute atomic E-state index is 12.7. The number of H-pyrrole nitrogens is 1. The smallest absolute Gasteiger partial charge is 0.226 e. The lowest BCUT2D eigenvalue weighted by Gasteiger charge is -2.09. The highest BCUT2D eigenvalue weighted by molar-refractivity contribution is 7.91. The Morgan fingerprint density at radius 3 is 2.71 bits per heavy atom. The van der Waals surface area contributed by atoms with Crippen LogP contribution in [0.25, 0.3) is 11.0 Å². The van der Waals surface area contributed by atoms with Crippen molar-refractivity contribution in [3.63, 3.8) is 0 Å². The van der Waals surface area contributed by atoms with Crippen molar-refractivity contribution in [1.29, 1.82) is 0 Å². The quantitative estimate of drug-likeness (QED) is 0.807. The summed E-state index contributed by atoms with van der Waals surface area (Å²) in [5.74, 6) is 0. The standard InChI is InChI=1S/C15H15N3O2S/c1-10-6-7-13-14(9-10)18-15(17-13)21(19,20)11(2)12-5-3-4-8-16-12/h3-9,11H,1-2H3,(H,17,18). The van der Waals surface area contributed by atoms with Crippen molar-refractivity contribution >= 4 is 20.9 Å². The highest BCUT2D eigenvalue weighted by atomic mass is 32.2. The Kier molecular flexibility index (Phi) is 3.25. The van der Waals surface area contributed by atoms with Crippen LogP contribution in [0.3, 0.4) is 0 Å². The summed E-state index contributed by atoms with van der Waals surface area (Å²) in [6, 6.07) is 10.8. The zero-order valence-electron chi connectivity index (χ0n) is 11.7. The van der Waals surface area contributed by atoms with Gasteiger partial charge in [0.05, 0.1) is 16.7 Å². The maximum Gasteiger partial charge on any atom is 0.226 e. The molecule has 2 heterocycles. The molecule has 0 spiro atoms. The lowest BCUT2D eigenvalue weighted by atomic mass is 10.2. The Bertz CT molecular complexity index is 886. The van der Waals surface area contributed by atoms with Crippen molar-refractivity contribution in [2.24, 2.45) is 0 Å². The molecule has 3 aromatic rings. The van der Waals surface area contributed by atoms with Crippen LogP contribution in [-0.4, -0.2) is 23.4 Å². The van der Waals surface area contributed by atoms with Crippen LogP contribution < -0.4 is 0 Å². The summed E-state index contributed by atoms with van der Waals surface area (Å²) in [5, 5.41) is -0.762. The average molecular weight is 301 g/mol. The Morgan fingerprint density at radius 1 is 1.19 bits per heavy atom. The maximum atomic E-state index is 12.7. The van der Waals surface area contributed by atoms with Gasteiger partial charge in [-0.1, -0.05) is 12.1 Å². The van der Waals surface area contributed by atoms with E-state index in [9.17, 15) is 8.42 Å². The van der Waals surface area contributed by atoms with Crippen LogP contribution in [-0.2, 0) is 9.84 Å². The summed E-state index contributed by atoms with van der Waals surface area (Å²) < 4.78 is 25.3. The van der Waals surface area contributed by atoms with Gasteiger partial charge in [0.1, 0.15) is 5.25 Å².